The highest BCUT2D eigenvalue weighted by molar-refractivity contribution is 5.57. The molecule has 1 N–H and O–H groups in total. The molecule has 1 fully saturated rings. The molecule has 0 amide bonds. The van der Waals surface area contributed by atoms with Crippen LogP contribution in [0.2, 0.25) is 0 Å². The molecule has 4 heteroatoms. The number of nitrogens with zero attached hydrogens (tertiary/aromatic N) is 1. The lowest BCUT2D eigenvalue weighted by Crippen LogP contribution is -2.42. The molecule has 2 aliphatic rings. The van der Waals surface area contributed by atoms with Gasteiger partial charge in [-0.1, -0.05) is 36.4 Å². The summed E-state index contributed by atoms with van der Waals surface area (Å²) in [4.78, 5) is 2.46. The number of nitrogens with one attached hydrogen (secondary N) is 1. The summed E-state index contributed by atoms with van der Waals surface area (Å²) < 4.78 is 12.1. The van der Waals surface area contributed by atoms with Gasteiger partial charge < -0.3 is 14.8 Å². The minimum absolute atomic E-state index is 0.261. The molecular formula is C23H28N2O2. The van der Waals surface area contributed by atoms with Gasteiger partial charge in [0.2, 0.25) is 0 Å². The van der Waals surface area contributed by atoms with Gasteiger partial charge in [0.25, 0.3) is 0 Å². The zero-order valence-corrected chi connectivity index (χ0v) is 15.8. The molecule has 2 aromatic rings. The van der Waals surface area contributed by atoms with Crippen LogP contribution in [0.25, 0.3) is 6.08 Å². The SMILES string of the molecule is C1=Cc2cc(O[C@H]3CCCN(CCOCc4ccccc4)C3)ccc2CN1. The maximum Gasteiger partial charge on any atom is 0.120 e. The Morgan fingerprint density at radius 1 is 1.11 bits per heavy atom. The molecule has 0 aromatic heterocycles. The molecule has 1 saturated heterocycles. The second kappa shape index (κ2) is 9.07. The van der Waals surface area contributed by atoms with Crippen molar-refractivity contribution in [2.24, 2.45) is 0 Å². The van der Waals surface area contributed by atoms with Crippen LogP contribution in [0.3, 0.4) is 0 Å². The number of benzene rings is 2. The summed E-state index contributed by atoms with van der Waals surface area (Å²) in [7, 11) is 0. The van der Waals surface area contributed by atoms with Crippen LogP contribution in [0.5, 0.6) is 5.75 Å². The summed E-state index contributed by atoms with van der Waals surface area (Å²) >= 11 is 0. The first kappa shape index (κ1) is 18.1. The van der Waals surface area contributed by atoms with Crippen LogP contribution in [0.4, 0.5) is 0 Å². The molecular weight excluding hydrogens is 336 g/mol. The number of rotatable bonds is 7. The highest BCUT2D eigenvalue weighted by atomic mass is 16.5. The number of likely N-dealkylation sites (tertiary alicyclic amines) is 1. The zero-order chi connectivity index (χ0) is 18.3. The third kappa shape index (κ3) is 5.12. The van der Waals surface area contributed by atoms with Gasteiger partial charge in [-0.3, -0.25) is 4.90 Å². The van der Waals surface area contributed by atoms with Gasteiger partial charge in [-0.05, 0) is 60.5 Å². The molecule has 0 bridgehead atoms. The van der Waals surface area contributed by atoms with Gasteiger partial charge in [0.05, 0.1) is 13.2 Å². The summed E-state index contributed by atoms with van der Waals surface area (Å²) in [6, 6.07) is 16.8. The fourth-order valence-corrected chi connectivity index (χ4v) is 3.74. The van der Waals surface area contributed by atoms with E-state index in [0.717, 1.165) is 45.0 Å². The average Bonchev–Trinajstić information content (AvgIpc) is 2.72. The van der Waals surface area contributed by atoms with Crippen molar-refractivity contribution in [3.63, 3.8) is 0 Å². The molecule has 0 saturated carbocycles. The largest absolute Gasteiger partial charge is 0.489 e. The summed E-state index contributed by atoms with van der Waals surface area (Å²) in [6.07, 6.45) is 6.68. The van der Waals surface area contributed by atoms with Gasteiger partial charge in [-0.2, -0.15) is 0 Å². The third-order valence-electron chi connectivity index (χ3n) is 5.22. The lowest BCUT2D eigenvalue weighted by Gasteiger charge is -2.33. The summed E-state index contributed by atoms with van der Waals surface area (Å²) in [5.74, 6) is 0.979. The van der Waals surface area contributed by atoms with Crippen LogP contribution in [0, 0.1) is 0 Å². The minimum Gasteiger partial charge on any atom is -0.489 e. The molecule has 0 aliphatic carbocycles. The Morgan fingerprint density at radius 3 is 2.96 bits per heavy atom. The fraction of sp³-hybridized carbons (Fsp3) is 0.391. The van der Waals surface area contributed by atoms with Crippen molar-refractivity contribution in [1.82, 2.24) is 10.2 Å². The Kier molecular flexibility index (Phi) is 6.07. The van der Waals surface area contributed by atoms with Gasteiger partial charge in [0.1, 0.15) is 11.9 Å². The molecule has 4 rings (SSSR count). The smallest absolute Gasteiger partial charge is 0.120 e. The minimum atomic E-state index is 0.261. The Hall–Kier alpha value is -2.30. The summed E-state index contributed by atoms with van der Waals surface area (Å²) in [6.45, 7) is 5.41. The summed E-state index contributed by atoms with van der Waals surface area (Å²) in [5.41, 5.74) is 3.81. The highest BCUT2D eigenvalue weighted by Crippen LogP contribution is 2.24. The van der Waals surface area contributed by atoms with E-state index in [1.807, 2.05) is 12.3 Å². The van der Waals surface area contributed by atoms with E-state index in [1.165, 1.54) is 23.1 Å². The van der Waals surface area contributed by atoms with Crippen LogP contribution in [0.15, 0.2) is 54.7 Å². The van der Waals surface area contributed by atoms with Crippen LogP contribution in [-0.2, 0) is 17.9 Å². The van der Waals surface area contributed by atoms with Crippen LogP contribution >= 0.6 is 0 Å². The first-order valence-electron chi connectivity index (χ1n) is 9.90. The Balaban J connectivity index is 1.23. The van der Waals surface area contributed by atoms with Crippen molar-refractivity contribution in [2.75, 3.05) is 26.2 Å². The van der Waals surface area contributed by atoms with E-state index in [4.69, 9.17) is 9.47 Å². The number of ether oxygens (including phenoxy) is 2. The van der Waals surface area contributed by atoms with E-state index < -0.39 is 0 Å². The molecule has 1 atom stereocenters. The van der Waals surface area contributed by atoms with E-state index in [-0.39, 0.29) is 6.10 Å². The predicted octanol–water partition coefficient (Wildman–Crippen LogP) is 3.82. The topological polar surface area (TPSA) is 33.7 Å². The maximum atomic E-state index is 6.29. The van der Waals surface area contributed by atoms with Crippen LogP contribution in [0.1, 0.15) is 29.5 Å². The van der Waals surface area contributed by atoms with Crippen molar-refractivity contribution in [2.45, 2.75) is 32.1 Å². The molecule has 0 spiro atoms. The molecule has 2 aromatic carbocycles. The number of piperidine rings is 1. The maximum absolute atomic E-state index is 6.29. The Bertz CT molecular complexity index is 760. The molecule has 27 heavy (non-hydrogen) atoms. The van der Waals surface area contributed by atoms with Crippen LogP contribution in [-0.4, -0.2) is 37.2 Å². The van der Waals surface area contributed by atoms with Gasteiger partial charge in [0, 0.05) is 19.6 Å². The molecule has 4 nitrogen and oxygen atoms in total. The Morgan fingerprint density at radius 2 is 2.04 bits per heavy atom. The third-order valence-corrected chi connectivity index (χ3v) is 5.22. The second-order valence-electron chi connectivity index (χ2n) is 7.30. The van der Waals surface area contributed by atoms with Crippen molar-refractivity contribution >= 4 is 6.08 Å². The van der Waals surface area contributed by atoms with E-state index in [0.29, 0.717) is 6.61 Å². The quantitative estimate of drug-likeness (QED) is 0.758. The molecule has 0 radical (unpaired) electrons. The van der Waals surface area contributed by atoms with Crippen molar-refractivity contribution in [3.8, 4) is 5.75 Å². The lowest BCUT2D eigenvalue weighted by atomic mass is 10.0. The number of hydrogen-bond donors (Lipinski definition) is 1. The van der Waals surface area contributed by atoms with Gasteiger partial charge in [-0.15, -0.1) is 0 Å². The first-order valence-corrected chi connectivity index (χ1v) is 9.90. The normalized spacial score (nSPS) is 19.3. The fourth-order valence-electron chi connectivity index (χ4n) is 3.74. The standard InChI is InChI=1S/C23H28N2O2/c1-2-5-19(6-3-1)18-26-14-13-25-12-4-7-23(17-25)27-22-9-8-21-16-24-11-10-20(21)15-22/h1-3,5-6,8-11,15,23-24H,4,7,12-14,16-18H2/t23-/m0/s1. The second-order valence-corrected chi connectivity index (χ2v) is 7.30. The van der Waals surface area contributed by atoms with E-state index in [9.17, 15) is 0 Å². The molecule has 142 valence electrons. The van der Waals surface area contributed by atoms with E-state index in [1.54, 1.807) is 0 Å². The monoisotopic (exact) mass is 364 g/mol. The lowest BCUT2D eigenvalue weighted by molar-refractivity contribution is 0.0510. The van der Waals surface area contributed by atoms with Gasteiger partial charge in [0.15, 0.2) is 0 Å². The van der Waals surface area contributed by atoms with Crippen LogP contribution < -0.4 is 10.1 Å². The van der Waals surface area contributed by atoms with E-state index >= 15 is 0 Å². The zero-order valence-electron chi connectivity index (χ0n) is 15.8. The first-order chi connectivity index (χ1) is 13.4. The van der Waals surface area contributed by atoms with Crippen molar-refractivity contribution in [1.29, 1.82) is 0 Å². The van der Waals surface area contributed by atoms with Crippen molar-refractivity contribution in [3.05, 3.63) is 71.4 Å². The molecule has 2 aliphatic heterocycles. The highest BCUT2D eigenvalue weighted by Gasteiger charge is 2.21. The van der Waals surface area contributed by atoms with Gasteiger partial charge >= 0.3 is 0 Å². The Labute approximate surface area is 161 Å². The van der Waals surface area contributed by atoms with Gasteiger partial charge in [-0.25, -0.2) is 0 Å². The predicted molar refractivity (Wildman–Crippen MR) is 109 cm³/mol. The van der Waals surface area contributed by atoms with Crippen molar-refractivity contribution < 1.29 is 9.47 Å². The van der Waals surface area contributed by atoms with E-state index in [2.05, 4.69) is 58.8 Å². The molecule has 2 heterocycles. The summed E-state index contributed by atoms with van der Waals surface area (Å²) in [5, 5.41) is 3.24. The average molecular weight is 364 g/mol. The number of hydrogen-bond acceptors (Lipinski definition) is 4. The number of fused-ring (bicyclic) bond motifs is 1. The molecule has 0 unspecified atom stereocenters.